The largest absolute Gasteiger partial charge is 0.399 e. The van der Waals surface area contributed by atoms with Crippen LogP contribution < -0.4 is 10.6 Å². The van der Waals surface area contributed by atoms with Crippen LogP contribution in [-0.4, -0.2) is 12.5 Å². The quantitative estimate of drug-likeness (QED) is 0.785. The Hall–Kier alpha value is -1.51. The average Bonchev–Trinajstić information content (AvgIpc) is 3.03. The molecule has 0 saturated heterocycles. The first-order valence-corrected chi connectivity index (χ1v) is 7.42. The van der Waals surface area contributed by atoms with Crippen molar-refractivity contribution < 1.29 is 4.79 Å². The molecule has 2 aliphatic carbocycles. The third kappa shape index (κ3) is 1.83. The Kier molecular flexibility index (Phi) is 2.38. The summed E-state index contributed by atoms with van der Waals surface area (Å²) in [5, 5.41) is 0. The first-order valence-electron chi connectivity index (χ1n) is 7.42. The lowest BCUT2D eigenvalue weighted by molar-refractivity contribution is -0.122. The number of amides is 1. The monoisotopic (exact) mass is 256 g/mol. The maximum atomic E-state index is 12.7. The number of hydrogen-bond acceptors (Lipinski definition) is 2. The summed E-state index contributed by atoms with van der Waals surface area (Å²) in [7, 11) is 0. The Morgan fingerprint density at radius 1 is 1.21 bits per heavy atom. The van der Waals surface area contributed by atoms with Crippen molar-refractivity contribution in [3.8, 4) is 0 Å². The van der Waals surface area contributed by atoms with E-state index >= 15 is 0 Å². The van der Waals surface area contributed by atoms with Crippen LogP contribution in [0.3, 0.4) is 0 Å². The Morgan fingerprint density at radius 3 is 2.79 bits per heavy atom. The topological polar surface area (TPSA) is 46.3 Å². The lowest BCUT2D eigenvalue weighted by Gasteiger charge is -2.32. The van der Waals surface area contributed by atoms with Gasteiger partial charge < -0.3 is 10.6 Å². The number of anilines is 2. The Balaban J connectivity index is 1.60. The summed E-state index contributed by atoms with van der Waals surface area (Å²) >= 11 is 0. The fourth-order valence-electron chi connectivity index (χ4n) is 3.98. The number of benzene rings is 1. The Bertz CT molecular complexity index is 530. The zero-order chi connectivity index (χ0) is 13.0. The van der Waals surface area contributed by atoms with Crippen molar-refractivity contribution in [3.63, 3.8) is 0 Å². The van der Waals surface area contributed by atoms with E-state index in [0.29, 0.717) is 5.91 Å². The van der Waals surface area contributed by atoms with Crippen LogP contribution in [0, 0.1) is 17.8 Å². The van der Waals surface area contributed by atoms with Gasteiger partial charge in [0.05, 0.1) is 0 Å². The molecular weight excluding hydrogens is 236 g/mol. The summed E-state index contributed by atoms with van der Waals surface area (Å²) in [4.78, 5) is 14.7. The predicted molar refractivity (Wildman–Crippen MR) is 75.8 cm³/mol. The molecule has 2 atom stereocenters. The predicted octanol–water partition coefficient (Wildman–Crippen LogP) is 2.59. The average molecular weight is 256 g/mol. The molecule has 2 unspecified atom stereocenters. The number of rotatable bonds is 1. The van der Waals surface area contributed by atoms with Crippen molar-refractivity contribution >= 4 is 17.3 Å². The van der Waals surface area contributed by atoms with Crippen LogP contribution in [0.5, 0.6) is 0 Å². The number of carbonyl (C=O) groups is 1. The molecule has 0 radical (unpaired) electrons. The molecule has 1 amide bonds. The summed E-state index contributed by atoms with van der Waals surface area (Å²) in [5.74, 6) is 2.37. The van der Waals surface area contributed by atoms with Crippen LogP contribution in [0.25, 0.3) is 0 Å². The third-order valence-corrected chi connectivity index (χ3v) is 5.08. The van der Waals surface area contributed by atoms with Crippen LogP contribution in [0.15, 0.2) is 18.2 Å². The summed E-state index contributed by atoms with van der Waals surface area (Å²) in [6.07, 6.45) is 5.73. The molecule has 2 N–H and O–H groups in total. The second kappa shape index (κ2) is 3.99. The van der Waals surface area contributed by atoms with E-state index in [1.54, 1.807) is 0 Å². The van der Waals surface area contributed by atoms with Gasteiger partial charge in [-0.2, -0.15) is 0 Å². The standard InChI is InChI=1S/C16H20N2O/c17-14-3-4-15-10(9-14)2-1-5-18(15)16(19)13-7-11-6-12(11)8-13/h3-4,9,11-13H,1-2,5-8,17H2. The van der Waals surface area contributed by atoms with Crippen molar-refractivity contribution in [2.75, 3.05) is 17.2 Å². The molecule has 100 valence electrons. The number of nitrogens with zero attached hydrogens (tertiary/aromatic N) is 1. The van der Waals surface area contributed by atoms with Gasteiger partial charge in [-0.15, -0.1) is 0 Å². The number of nitrogens with two attached hydrogens (primary N) is 1. The van der Waals surface area contributed by atoms with Gasteiger partial charge in [-0.3, -0.25) is 4.79 Å². The van der Waals surface area contributed by atoms with E-state index in [2.05, 4.69) is 0 Å². The lowest BCUT2D eigenvalue weighted by Crippen LogP contribution is -2.39. The maximum absolute atomic E-state index is 12.7. The van der Waals surface area contributed by atoms with Gasteiger partial charge >= 0.3 is 0 Å². The summed E-state index contributed by atoms with van der Waals surface area (Å²) in [6, 6.07) is 5.97. The second-order valence-corrected chi connectivity index (χ2v) is 6.41. The first kappa shape index (κ1) is 11.3. The van der Waals surface area contributed by atoms with E-state index in [1.165, 1.54) is 12.0 Å². The molecule has 1 aromatic rings. The van der Waals surface area contributed by atoms with E-state index in [9.17, 15) is 4.79 Å². The molecular formula is C16H20N2O. The fraction of sp³-hybridized carbons (Fsp3) is 0.562. The van der Waals surface area contributed by atoms with Crippen molar-refractivity contribution in [2.24, 2.45) is 17.8 Å². The van der Waals surface area contributed by atoms with Gasteiger partial charge in [0.15, 0.2) is 0 Å². The molecule has 0 aromatic heterocycles. The molecule has 2 fully saturated rings. The molecule has 3 nitrogen and oxygen atoms in total. The Labute approximate surface area is 113 Å². The normalized spacial score (nSPS) is 31.8. The Morgan fingerprint density at radius 2 is 2.00 bits per heavy atom. The van der Waals surface area contributed by atoms with Gasteiger partial charge in [0, 0.05) is 23.8 Å². The fourth-order valence-corrected chi connectivity index (χ4v) is 3.98. The van der Waals surface area contributed by atoms with Crippen LogP contribution in [0.4, 0.5) is 11.4 Å². The van der Waals surface area contributed by atoms with Crippen LogP contribution in [-0.2, 0) is 11.2 Å². The highest BCUT2D eigenvalue weighted by Crippen LogP contribution is 2.55. The molecule has 0 spiro atoms. The smallest absolute Gasteiger partial charge is 0.230 e. The highest BCUT2D eigenvalue weighted by Gasteiger charge is 2.49. The minimum atomic E-state index is 0.284. The van der Waals surface area contributed by atoms with Crippen LogP contribution >= 0.6 is 0 Å². The van der Waals surface area contributed by atoms with E-state index in [-0.39, 0.29) is 5.92 Å². The summed E-state index contributed by atoms with van der Waals surface area (Å²) < 4.78 is 0. The molecule has 0 bridgehead atoms. The van der Waals surface area contributed by atoms with Crippen molar-refractivity contribution in [3.05, 3.63) is 23.8 Å². The summed E-state index contributed by atoms with van der Waals surface area (Å²) in [5.41, 5.74) is 8.99. The molecule has 1 heterocycles. The zero-order valence-electron chi connectivity index (χ0n) is 11.1. The number of hydrogen-bond donors (Lipinski definition) is 1. The zero-order valence-corrected chi connectivity index (χ0v) is 11.1. The van der Waals surface area contributed by atoms with Gasteiger partial charge in [-0.25, -0.2) is 0 Å². The van der Waals surface area contributed by atoms with E-state index in [4.69, 9.17) is 5.73 Å². The highest BCUT2D eigenvalue weighted by molar-refractivity contribution is 5.96. The van der Waals surface area contributed by atoms with E-state index in [0.717, 1.165) is 55.4 Å². The van der Waals surface area contributed by atoms with Gasteiger partial charge in [-0.05, 0) is 67.7 Å². The van der Waals surface area contributed by atoms with Gasteiger partial charge in [0.2, 0.25) is 5.91 Å². The second-order valence-electron chi connectivity index (χ2n) is 6.41. The third-order valence-electron chi connectivity index (χ3n) is 5.08. The number of aryl methyl sites for hydroxylation is 1. The first-order chi connectivity index (χ1) is 9.22. The highest BCUT2D eigenvalue weighted by atomic mass is 16.2. The van der Waals surface area contributed by atoms with Crippen LogP contribution in [0.1, 0.15) is 31.2 Å². The van der Waals surface area contributed by atoms with Gasteiger partial charge in [-0.1, -0.05) is 0 Å². The van der Waals surface area contributed by atoms with Crippen molar-refractivity contribution in [1.82, 2.24) is 0 Å². The molecule has 19 heavy (non-hydrogen) atoms. The molecule has 3 aliphatic rings. The van der Waals surface area contributed by atoms with Gasteiger partial charge in [0.1, 0.15) is 0 Å². The SMILES string of the molecule is Nc1ccc2c(c1)CCCN2C(=O)C1CC2CC2C1. The molecule has 3 heteroatoms. The molecule has 2 saturated carbocycles. The summed E-state index contributed by atoms with van der Waals surface area (Å²) in [6.45, 7) is 0.877. The van der Waals surface area contributed by atoms with Gasteiger partial charge in [0.25, 0.3) is 0 Å². The molecule has 4 rings (SSSR count). The minimum absolute atomic E-state index is 0.284. The number of nitrogen functional groups attached to an aromatic ring is 1. The molecule has 1 aromatic carbocycles. The van der Waals surface area contributed by atoms with Crippen molar-refractivity contribution in [2.45, 2.75) is 32.1 Å². The lowest BCUT2D eigenvalue weighted by atomic mass is 9.96. The maximum Gasteiger partial charge on any atom is 0.230 e. The van der Waals surface area contributed by atoms with Crippen molar-refractivity contribution in [1.29, 1.82) is 0 Å². The van der Waals surface area contributed by atoms with Crippen LogP contribution in [0.2, 0.25) is 0 Å². The van der Waals surface area contributed by atoms with E-state index < -0.39 is 0 Å². The number of fused-ring (bicyclic) bond motifs is 2. The minimum Gasteiger partial charge on any atom is -0.399 e. The molecule has 1 aliphatic heterocycles. The number of carbonyl (C=O) groups excluding carboxylic acids is 1. The van der Waals surface area contributed by atoms with E-state index in [1.807, 2.05) is 23.1 Å².